The summed E-state index contributed by atoms with van der Waals surface area (Å²) in [4.78, 5) is 9.81. The lowest BCUT2D eigenvalue weighted by Crippen LogP contribution is -2.22. The van der Waals surface area contributed by atoms with Crippen LogP contribution in [0.25, 0.3) is 0 Å². The molecule has 0 amide bonds. The van der Waals surface area contributed by atoms with Gasteiger partial charge >= 0.3 is 0 Å². The minimum absolute atomic E-state index is 0.0481. The molecule has 0 aliphatic heterocycles. The van der Waals surface area contributed by atoms with E-state index in [1.165, 1.54) is 11.1 Å². The van der Waals surface area contributed by atoms with E-state index in [-0.39, 0.29) is 45.0 Å². The van der Waals surface area contributed by atoms with Crippen LogP contribution in [0.4, 0.5) is 11.4 Å². The summed E-state index contributed by atoms with van der Waals surface area (Å²) >= 11 is 0. The molecule has 0 radical (unpaired) electrons. The van der Waals surface area contributed by atoms with Crippen LogP contribution in [0.3, 0.4) is 0 Å². The van der Waals surface area contributed by atoms with Crippen LogP contribution >= 0.6 is 0 Å². The average Bonchev–Trinajstić information content (AvgIpc) is 2.80. The van der Waals surface area contributed by atoms with Gasteiger partial charge in [0, 0.05) is 35.4 Å². The SMILES string of the molecule is CC(C)(C)c1cc(/N=C/C2CCCC[C@@H]2/C=N/c2cc(C(C)(C)C)cc(C(C)(C)C)c2O)c(O)c(C(C)(C)C)c1. The predicted octanol–water partition coefficient (Wildman–Crippen LogP) is 10.2. The lowest BCUT2D eigenvalue weighted by molar-refractivity contribution is 0.386. The molecule has 0 bridgehead atoms. The molecule has 1 aliphatic carbocycles. The third kappa shape index (κ3) is 7.56. The van der Waals surface area contributed by atoms with E-state index in [2.05, 4.69) is 95.2 Å². The summed E-state index contributed by atoms with van der Waals surface area (Å²) in [6, 6.07) is 8.34. The third-order valence-corrected chi connectivity index (χ3v) is 8.21. The standard InChI is InChI=1S/C36H54N2O2/c1-33(2,3)25-17-27(35(7,8)9)31(39)29(19-25)37-21-23-15-13-14-16-24(23)22-38-30-20-26(34(4,5)6)18-28(32(30)40)36(10,11)12/h17-24,39-40H,13-16H2,1-12H3/b37-21+,38-22+/t23-,24?/m1/s1. The van der Waals surface area contributed by atoms with Gasteiger partial charge in [-0.3, -0.25) is 9.98 Å². The third-order valence-electron chi connectivity index (χ3n) is 8.21. The van der Waals surface area contributed by atoms with E-state index in [1.807, 2.05) is 24.6 Å². The van der Waals surface area contributed by atoms with Crippen molar-refractivity contribution in [2.24, 2.45) is 21.8 Å². The average molecular weight is 547 g/mol. The molecule has 2 N–H and O–H groups in total. The van der Waals surface area contributed by atoms with E-state index >= 15 is 0 Å². The highest BCUT2D eigenvalue weighted by molar-refractivity contribution is 5.77. The maximum atomic E-state index is 11.2. The first-order valence-corrected chi connectivity index (χ1v) is 15.0. The molecule has 1 saturated carbocycles. The first kappa shape index (κ1) is 31.9. The number of phenols is 2. The van der Waals surface area contributed by atoms with Crippen LogP contribution in [0, 0.1) is 11.8 Å². The van der Waals surface area contributed by atoms with Crippen LogP contribution < -0.4 is 0 Å². The molecule has 2 aromatic carbocycles. The van der Waals surface area contributed by atoms with Crippen LogP contribution in [0.2, 0.25) is 0 Å². The van der Waals surface area contributed by atoms with E-state index in [0.29, 0.717) is 11.4 Å². The second-order valence-corrected chi connectivity index (χ2v) is 16.0. The summed E-state index contributed by atoms with van der Waals surface area (Å²) < 4.78 is 0. The predicted molar refractivity (Wildman–Crippen MR) is 173 cm³/mol. The molecule has 220 valence electrons. The molecule has 1 fully saturated rings. The number of hydrogen-bond donors (Lipinski definition) is 2. The maximum absolute atomic E-state index is 11.2. The summed E-state index contributed by atoms with van der Waals surface area (Å²) in [7, 11) is 0. The molecule has 4 heteroatoms. The molecule has 3 rings (SSSR count). The topological polar surface area (TPSA) is 65.2 Å². The van der Waals surface area contributed by atoms with Gasteiger partial charge in [0.15, 0.2) is 0 Å². The highest BCUT2D eigenvalue weighted by Gasteiger charge is 2.28. The number of benzene rings is 2. The second-order valence-electron chi connectivity index (χ2n) is 16.0. The van der Waals surface area contributed by atoms with Gasteiger partial charge in [0.1, 0.15) is 22.9 Å². The summed E-state index contributed by atoms with van der Waals surface area (Å²) in [6.45, 7) is 26.0. The Bertz CT molecular complexity index is 1160. The highest BCUT2D eigenvalue weighted by Crippen LogP contribution is 2.43. The molecular weight excluding hydrogens is 492 g/mol. The van der Waals surface area contributed by atoms with E-state index in [1.54, 1.807) is 0 Å². The van der Waals surface area contributed by atoms with Crippen LogP contribution in [-0.4, -0.2) is 22.6 Å². The second kappa shape index (κ2) is 11.3. The smallest absolute Gasteiger partial charge is 0.144 e. The van der Waals surface area contributed by atoms with Gasteiger partial charge in [-0.2, -0.15) is 0 Å². The van der Waals surface area contributed by atoms with Gasteiger partial charge in [0.2, 0.25) is 0 Å². The molecule has 0 spiro atoms. The van der Waals surface area contributed by atoms with Gasteiger partial charge in [0.25, 0.3) is 0 Å². The summed E-state index contributed by atoms with van der Waals surface area (Å²) in [5, 5.41) is 22.4. The van der Waals surface area contributed by atoms with E-state index in [0.717, 1.165) is 36.8 Å². The Morgan fingerprint density at radius 1 is 0.550 bits per heavy atom. The lowest BCUT2D eigenvalue weighted by Gasteiger charge is -2.28. The van der Waals surface area contributed by atoms with Crippen LogP contribution in [0.5, 0.6) is 11.5 Å². The van der Waals surface area contributed by atoms with Crippen LogP contribution in [0.15, 0.2) is 34.3 Å². The maximum Gasteiger partial charge on any atom is 0.144 e. The fourth-order valence-corrected chi connectivity index (χ4v) is 5.36. The summed E-state index contributed by atoms with van der Waals surface area (Å²) in [5.74, 6) is 0.999. The zero-order chi connectivity index (χ0) is 30.3. The summed E-state index contributed by atoms with van der Waals surface area (Å²) in [5.41, 5.74) is 5.02. The molecule has 0 heterocycles. The normalized spacial score (nSPS) is 19.6. The van der Waals surface area contributed by atoms with Gasteiger partial charge < -0.3 is 10.2 Å². The van der Waals surface area contributed by atoms with Crippen molar-refractivity contribution in [1.29, 1.82) is 0 Å². The minimum Gasteiger partial charge on any atom is -0.505 e. The zero-order valence-electron chi connectivity index (χ0n) is 27.2. The molecule has 1 unspecified atom stereocenters. The van der Waals surface area contributed by atoms with E-state index < -0.39 is 0 Å². The molecule has 4 nitrogen and oxygen atoms in total. The van der Waals surface area contributed by atoms with Crippen molar-refractivity contribution in [1.82, 2.24) is 0 Å². The monoisotopic (exact) mass is 546 g/mol. The zero-order valence-corrected chi connectivity index (χ0v) is 27.2. The van der Waals surface area contributed by atoms with Crippen molar-refractivity contribution in [3.05, 3.63) is 46.5 Å². The Balaban J connectivity index is 2.00. The van der Waals surface area contributed by atoms with E-state index in [9.17, 15) is 10.2 Å². The quantitative estimate of drug-likeness (QED) is 0.375. The number of rotatable bonds is 4. The molecule has 0 aromatic heterocycles. The number of hydrogen-bond acceptors (Lipinski definition) is 4. The van der Waals surface area contributed by atoms with Gasteiger partial charge in [-0.05, 0) is 57.8 Å². The van der Waals surface area contributed by atoms with Crippen LogP contribution in [0.1, 0.15) is 131 Å². The fourth-order valence-electron chi connectivity index (χ4n) is 5.36. The van der Waals surface area contributed by atoms with Crippen molar-refractivity contribution >= 4 is 23.8 Å². The number of aliphatic imine (C=N–C) groups is 2. The molecule has 2 atom stereocenters. The Morgan fingerprint density at radius 3 is 1.15 bits per heavy atom. The molecule has 2 aromatic rings. The lowest BCUT2D eigenvalue weighted by atomic mass is 9.79. The van der Waals surface area contributed by atoms with Gasteiger partial charge in [0.05, 0.1) is 0 Å². The van der Waals surface area contributed by atoms with Crippen molar-refractivity contribution in [3.8, 4) is 11.5 Å². The largest absolute Gasteiger partial charge is 0.505 e. The highest BCUT2D eigenvalue weighted by atomic mass is 16.3. The minimum atomic E-state index is -0.189. The van der Waals surface area contributed by atoms with E-state index in [4.69, 9.17) is 9.98 Å². The molecular formula is C36H54N2O2. The van der Waals surface area contributed by atoms with Gasteiger partial charge in [-0.25, -0.2) is 0 Å². The molecule has 40 heavy (non-hydrogen) atoms. The Labute approximate surface area is 244 Å². The number of aromatic hydroxyl groups is 2. The van der Waals surface area contributed by atoms with Crippen molar-refractivity contribution in [2.45, 2.75) is 130 Å². The van der Waals surface area contributed by atoms with Gasteiger partial charge in [-0.1, -0.05) is 108 Å². The first-order chi connectivity index (χ1) is 18.2. The van der Waals surface area contributed by atoms with Crippen LogP contribution in [-0.2, 0) is 21.7 Å². The van der Waals surface area contributed by atoms with Gasteiger partial charge in [-0.15, -0.1) is 0 Å². The first-order valence-electron chi connectivity index (χ1n) is 15.0. The number of phenolic OH excluding ortho intramolecular Hbond substituents is 2. The number of nitrogens with zero attached hydrogens (tertiary/aromatic N) is 2. The van der Waals surface area contributed by atoms with Crippen molar-refractivity contribution < 1.29 is 10.2 Å². The Kier molecular flexibility index (Phi) is 9.04. The fraction of sp³-hybridized carbons (Fsp3) is 0.611. The summed E-state index contributed by atoms with van der Waals surface area (Å²) in [6.07, 6.45) is 8.45. The molecule has 0 saturated heterocycles. The van der Waals surface area contributed by atoms with Crippen molar-refractivity contribution in [2.75, 3.05) is 0 Å². The molecule has 1 aliphatic rings. The Hall–Kier alpha value is -2.62. The Morgan fingerprint density at radius 2 is 0.875 bits per heavy atom. The van der Waals surface area contributed by atoms with Crippen molar-refractivity contribution in [3.63, 3.8) is 0 Å².